The summed E-state index contributed by atoms with van der Waals surface area (Å²) in [4.78, 5) is 22.8. The first-order valence-corrected chi connectivity index (χ1v) is 7.29. The van der Waals surface area contributed by atoms with Crippen LogP contribution in [-0.2, 0) is 16.0 Å². The zero-order valence-electron chi connectivity index (χ0n) is 12.2. The van der Waals surface area contributed by atoms with Gasteiger partial charge in [-0.25, -0.2) is 0 Å². The number of nitrogens with one attached hydrogen (secondary N) is 2. The number of carbonyl (C=O) groups excluding carboxylic acids is 2. The zero-order chi connectivity index (χ0) is 14.6. The number of benzene rings is 1. The average molecular weight is 276 g/mol. The number of rotatable bonds is 9. The molecule has 0 spiro atoms. The van der Waals surface area contributed by atoms with E-state index in [-0.39, 0.29) is 11.8 Å². The van der Waals surface area contributed by atoms with Crippen LogP contribution in [0.3, 0.4) is 0 Å². The Morgan fingerprint density at radius 2 is 1.60 bits per heavy atom. The summed E-state index contributed by atoms with van der Waals surface area (Å²) in [5.41, 5.74) is 1.22. The molecule has 0 radical (unpaired) electrons. The molecule has 0 bridgehead atoms. The van der Waals surface area contributed by atoms with Gasteiger partial charge in [0.25, 0.3) is 0 Å². The zero-order valence-corrected chi connectivity index (χ0v) is 12.2. The molecule has 0 saturated heterocycles. The topological polar surface area (TPSA) is 58.2 Å². The molecule has 0 aliphatic carbocycles. The molecule has 0 fully saturated rings. The first-order valence-electron chi connectivity index (χ1n) is 7.29. The summed E-state index contributed by atoms with van der Waals surface area (Å²) < 4.78 is 0. The van der Waals surface area contributed by atoms with Crippen molar-refractivity contribution in [1.29, 1.82) is 0 Å². The maximum atomic E-state index is 11.6. The molecule has 1 aromatic rings. The minimum absolute atomic E-state index is 0.0469. The number of hydrogen-bond donors (Lipinski definition) is 2. The second kappa shape index (κ2) is 10.0. The number of hydrogen-bond acceptors (Lipinski definition) is 2. The number of amides is 2. The van der Waals surface area contributed by atoms with Crippen LogP contribution in [0.15, 0.2) is 30.3 Å². The second-order valence-corrected chi connectivity index (χ2v) is 4.79. The van der Waals surface area contributed by atoms with Gasteiger partial charge in [-0.3, -0.25) is 9.59 Å². The largest absolute Gasteiger partial charge is 0.356 e. The molecule has 2 N–H and O–H groups in total. The van der Waals surface area contributed by atoms with Crippen molar-refractivity contribution in [3.63, 3.8) is 0 Å². The molecule has 1 aromatic carbocycles. The van der Waals surface area contributed by atoms with Crippen LogP contribution in [0.1, 0.15) is 38.2 Å². The fourth-order valence-electron chi connectivity index (χ4n) is 1.87. The van der Waals surface area contributed by atoms with Crippen LogP contribution in [0.25, 0.3) is 0 Å². The van der Waals surface area contributed by atoms with Crippen molar-refractivity contribution in [2.75, 3.05) is 13.1 Å². The normalized spacial score (nSPS) is 10.1. The fraction of sp³-hybridized carbons (Fsp3) is 0.500. The maximum absolute atomic E-state index is 11.6. The monoisotopic (exact) mass is 276 g/mol. The molecule has 0 atom stereocenters. The van der Waals surface area contributed by atoms with Gasteiger partial charge in [0.15, 0.2) is 0 Å². The van der Waals surface area contributed by atoms with Gasteiger partial charge in [-0.15, -0.1) is 0 Å². The highest BCUT2D eigenvalue weighted by Crippen LogP contribution is 1.98. The lowest BCUT2D eigenvalue weighted by molar-refractivity contribution is -0.122. The van der Waals surface area contributed by atoms with E-state index in [1.54, 1.807) is 0 Å². The van der Waals surface area contributed by atoms with E-state index < -0.39 is 0 Å². The first kappa shape index (κ1) is 16.2. The predicted octanol–water partition coefficient (Wildman–Crippen LogP) is 2.04. The van der Waals surface area contributed by atoms with Gasteiger partial charge < -0.3 is 10.6 Å². The van der Waals surface area contributed by atoms with Gasteiger partial charge in [-0.2, -0.15) is 0 Å². The van der Waals surface area contributed by atoms with Crippen LogP contribution < -0.4 is 10.6 Å². The minimum Gasteiger partial charge on any atom is -0.356 e. The van der Waals surface area contributed by atoms with Crippen LogP contribution in [0.4, 0.5) is 0 Å². The van der Waals surface area contributed by atoms with Gasteiger partial charge >= 0.3 is 0 Å². The Morgan fingerprint density at radius 3 is 2.30 bits per heavy atom. The van der Waals surface area contributed by atoms with Gasteiger partial charge in [-0.05, 0) is 24.8 Å². The van der Waals surface area contributed by atoms with E-state index in [1.165, 1.54) is 5.56 Å². The number of carbonyl (C=O) groups is 2. The third-order valence-electron chi connectivity index (χ3n) is 2.96. The summed E-state index contributed by atoms with van der Waals surface area (Å²) >= 11 is 0. The summed E-state index contributed by atoms with van der Waals surface area (Å²) in [6.45, 7) is 3.20. The fourth-order valence-corrected chi connectivity index (χ4v) is 1.87. The van der Waals surface area contributed by atoms with E-state index in [2.05, 4.69) is 22.8 Å². The van der Waals surface area contributed by atoms with Gasteiger partial charge in [0, 0.05) is 25.9 Å². The van der Waals surface area contributed by atoms with Crippen LogP contribution in [0, 0.1) is 0 Å². The molecule has 0 saturated carbocycles. The average Bonchev–Trinajstić information content (AvgIpc) is 2.45. The molecule has 0 aliphatic rings. The van der Waals surface area contributed by atoms with E-state index in [1.807, 2.05) is 25.1 Å². The summed E-state index contributed by atoms with van der Waals surface area (Å²) in [6.07, 6.45) is 3.41. The van der Waals surface area contributed by atoms with E-state index >= 15 is 0 Å². The quantitative estimate of drug-likeness (QED) is 0.678. The molecule has 0 aliphatic heterocycles. The molecule has 2 amide bonds. The lowest BCUT2D eigenvalue weighted by Gasteiger charge is -2.06. The molecule has 0 heterocycles. The van der Waals surface area contributed by atoms with E-state index in [4.69, 9.17) is 0 Å². The van der Waals surface area contributed by atoms with Crippen LogP contribution in [-0.4, -0.2) is 24.9 Å². The Hall–Kier alpha value is -1.84. The molecule has 0 unspecified atom stereocenters. The Labute approximate surface area is 121 Å². The maximum Gasteiger partial charge on any atom is 0.220 e. The van der Waals surface area contributed by atoms with Crippen LogP contribution in [0.2, 0.25) is 0 Å². The van der Waals surface area contributed by atoms with E-state index in [9.17, 15) is 9.59 Å². The molecule has 110 valence electrons. The summed E-state index contributed by atoms with van der Waals surface area (Å²) in [5, 5.41) is 5.69. The van der Waals surface area contributed by atoms with Crippen molar-refractivity contribution in [2.45, 2.75) is 39.0 Å². The standard InChI is InChI=1S/C16H24N2O2/c1-2-7-15(19)17-12-6-10-16(20)18-13-11-14-8-4-3-5-9-14/h3-5,8-9H,2,6-7,10-13H2,1H3,(H,17,19)(H,18,20). The lowest BCUT2D eigenvalue weighted by Crippen LogP contribution is -2.28. The van der Waals surface area contributed by atoms with Gasteiger partial charge in [-0.1, -0.05) is 37.3 Å². The van der Waals surface area contributed by atoms with Crippen molar-refractivity contribution in [1.82, 2.24) is 10.6 Å². The molecule has 1 rings (SSSR count). The smallest absolute Gasteiger partial charge is 0.220 e. The Kier molecular flexibility index (Phi) is 8.11. The van der Waals surface area contributed by atoms with Crippen molar-refractivity contribution in [2.24, 2.45) is 0 Å². The predicted molar refractivity (Wildman–Crippen MR) is 80.3 cm³/mol. The lowest BCUT2D eigenvalue weighted by atomic mass is 10.1. The van der Waals surface area contributed by atoms with Crippen LogP contribution >= 0.6 is 0 Å². The molecule has 0 aromatic heterocycles. The third kappa shape index (κ3) is 7.56. The van der Waals surface area contributed by atoms with Crippen molar-refractivity contribution >= 4 is 11.8 Å². The molecular weight excluding hydrogens is 252 g/mol. The summed E-state index contributed by atoms with van der Waals surface area (Å²) in [5.74, 6) is 0.114. The Morgan fingerprint density at radius 1 is 0.950 bits per heavy atom. The van der Waals surface area contributed by atoms with Crippen molar-refractivity contribution < 1.29 is 9.59 Å². The second-order valence-electron chi connectivity index (χ2n) is 4.79. The SMILES string of the molecule is CCCC(=O)NCCCC(=O)NCCc1ccccc1. The van der Waals surface area contributed by atoms with E-state index in [0.29, 0.717) is 32.4 Å². The Balaban J connectivity index is 2.02. The van der Waals surface area contributed by atoms with Crippen LogP contribution in [0.5, 0.6) is 0 Å². The summed E-state index contributed by atoms with van der Waals surface area (Å²) in [6, 6.07) is 10.1. The van der Waals surface area contributed by atoms with Gasteiger partial charge in [0.1, 0.15) is 0 Å². The molecule has 4 heteroatoms. The highest BCUT2D eigenvalue weighted by molar-refractivity contribution is 5.77. The van der Waals surface area contributed by atoms with Crippen molar-refractivity contribution in [3.8, 4) is 0 Å². The highest BCUT2D eigenvalue weighted by atomic mass is 16.2. The minimum atomic E-state index is 0.0469. The van der Waals surface area contributed by atoms with E-state index in [0.717, 1.165) is 12.8 Å². The molecular formula is C16H24N2O2. The molecule has 4 nitrogen and oxygen atoms in total. The Bertz CT molecular complexity index is 404. The molecule has 20 heavy (non-hydrogen) atoms. The van der Waals surface area contributed by atoms with Gasteiger partial charge in [0.05, 0.1) is 0 Å². The van der Waals surface area contributed by atoms with Crippen molar-refractivity contribution in [3.05, 3.63) is 35.9 Å². The van der Waals surface area contributed by atoms with Gasteiger partial charge in [0.2, 0.25) is 11.8 Å². The first-order chi connectivity index (χ1) is 9.72. The third-order valence-corrected chi connectivity index (χ3v) is 2.96. The highest BCUT2D eigenvalue weighted by Gasteiger charge is 2.02. The summed E-state index contributed by atoms with van der Waals surface area (Å²) in [7, 11) is 0.